The van der Waals surface area contributed by atoms with Gasteiger partial charge in [0.05, 0.1) is 34.9 Å². The molecule has 5 nitrogen and oxygen atoms in total. The summed E-state index contributed by atoms with van der Waals surface area (Å²) in [4.78, 5) is 32.1. The molecule has 0 fully saturated rings. The van der Waals surface area contributed by atoms with Gasteiger partial charge < -0.3 is 4.74 Å². The zero-order valence-electron chi connectivity index (χ0n) is 24.8. The number of rotatable bonds is 12. The van der Waals surface area contributed by atoms with Crippen LogP contribution >= 0.6 is 22.7 Å². The SMILES string of the molecule is CCCCCCc1cc(C)sc1-c1ccc(-c2ccnc(-c3cc(C(=O)OCC)cc(-c4cc(CC)ccn4)n3)c2)s1. The maximum Gasteiger partial charge on any atom is 0.338 e. The summed E-state index contributed by atoms with van der Waals surface area (Å²) in [6, 6.07) is 18.4. The molecule has 0 atom stereocenters. The summed E-state index contributed by atoms with van der Waals surface area (Å²) in [5.74, 6) is -0.384. The number of unbranched alkanes of at least 4 members (excludes halogenated alkanes) is 3. The fraction of sp³-hybridized carbons (Fsp3) is 0.314. The van der Waals surface area contributed by atoms with Crippen LogP contribution in [-0.2, 0) is 17.6 Å². The molecule has 0 N–H and O–H groups in total. The summed E-state index contributed by atoms with van der Waals surface area (Å²) in [6.07, 6.45) is 10.7. The third-order valence-electron chi connectivity index (χ3n) is 7.20. The molecule has 0 radical (unpaired) electrons. The van der Waals surface area contributed by atoms with Crippen LogP contribution in [0.2, 0.25) is 0 Å². The van der Waals surface area contributed by atoms with Crippen LogP contribution in [0.5, 0.6) is 0 Å². The molecular formula is C35H37N3O2S2. The summed E-state index contributed by atoms with van der Waals surface area (Å²) < 4.78 is 5.34. The molecule has 5 aromatic rings. The highest BCUT2D eigenvalue weighted by atomic mass is 32.1. The second-order valence-corrected chi connectivity index (χ2v) is 12.7. The molecule has 5 aromatic heterocycles. The Morgan fingerprint density at radius 1 is 0.786 bits per heavy atom. The number of hydrogen-bond donors (Lipinski definition) is 0. The number of aromatic nitrogens is 3. The summed E-state index contributed by atoms with van der Waals surface area (Å²) in [7, 11) is 0. The van der Waals surface area contributed by atoms with Crippen molar-refractivity contribution in [3.05, 3.63) is 88.6 Å². The van der Waals surface area contributed by atoms with Crippen LogP contribution in [0.25, 0.3) is 43.0 Å². The van der Waals surface area contributed by atoms with Crippen LogP contribution in [0.4, 0.5) is 0 Å². The zero-order valence-corrected chi connectivity index (χ0v) is 26.4. The third-order valence-corrected chi connectivity index (χ3v) is 9.61. The van der Waals surface area contributed by atoms with Crippen molar-refractivity contribution in [3.63, 3.8) is 0 Å². The Bertz CT molecular complexity index is 1670. The third kappa shape index (κ3) is 7.02. The van der Waals surface area contributed by atoms with Crippen molar-refractivity contribution in [2.24, 2.45) is 0 Å². The Balaban J connectivity index is 1.48. The minimum absolute atomic E-state index is 0.300. The van der Waals surface area contributed by atoms with Gasteiger partial charge in [0.1, 0.15) is 0 Å². The maximum atomic E-state index is 12.8. The van der Waals surface area contributed by atoms with E-state index in [0.717, 1.165) is 29.7 Å². The van der Waals surface area contributed by atoms with Crippen molar-refractivity contribution in [1.29, 1.82) is 0 Å². The summed E-state index contributed by atoms with van der Waals surface area (Å²) >= 11 is 3.70. The number of carbonyl (C=O) groups excluding carboxylic acids is 1. The molecule has 5 heterocycles. The first kappa shape index (κ1) is 29.8. The lowest BCUT2D eigenvalue weighted by atomic mass is 10.1. The number of aryl methyl sites for hydroxylation is 3. The van der Waals surface area contributed by atoms with Gasteiger partial charge >= 0.3 is 5.97 Å². The van der Waals surface area contributed by atoms with Crippen LogP contribution in [0.15, 0.2) is 67.0 Å². The quantitative estimate of drug-likeness (QED) is 0.106. The van der Waals surface area contributed by atoms with Gasteiger partial charge in [-0.25, -0.2) is 9.78 Å². The van der Waals surface area contributed by atoms with Gasteiger partial charge in [-0.2, -0.15) is 0 Å². The summed E-state index contributed by atoms with van der Waals surface area (Å²) in [5.41, 5.74) is 6.78. The predicted molar refractivity (Wildman–Crippen MR) is 175 cm³/mol. The molecule has 216 valence electrons. The van der Waals surface area contributed by atoms with Gasteiger partial charge in [0.25, 0.3) is 0 Å². The Hall–Kier alpha value is -3.68. The number of hydrogen-bond acceptors (Lipinski definition) is 7. The van der Waals surface area contributed by atoms with Gasteiger partial charge in [0.15, 0.2) is 0 Å². The first-order chi connectivity index (χ1) is 20.5. The van der Waals surface area contributed by atoms with E-state index < -0.39 is 0 Å². The van der Waals surface area contributed by atoms with E-state index in [-0.39, 0.29) is 5.97 Å². The van der Waals surface area contributed by atoms with E-state index in [1.54, 1.807) is 25.3 Å². The fourth-order valence-corrected chi connectivity index (χ4v) is 7.21. The van der Waals surface area contributed by atoms with Crippen molar-refractivity contribution in [2.45, 2.75) is 66.2 Å². The largest absolute Gasteiger partial charge is 0.462 e. The highest BCUT2D eigenvalue weighted by Crippen LogP contribution is 2.41. The number of carbonyl (C=O) groups is 1. The molecule has 0 aliphatic carbocycles. The lowest BCUT2D eigenvalue weighted by Gasteiger charge is -2.10. The molecule has 0 saturated carbocycles. The van der Waals surface area contributed by atoms with Gasteiger partial charge in [-0.15, -0.1) is 22.7 Å². The predicted octanol–water partition coefficient (Wildman–Crippen LogP) is 9.83. The summed E-state index contributed by atoms with van der Waals surface area (Å²) in [6.45, 7) is 8.67. The molecule has 0 bridgehead atoms. The van der Waals surface area contributed by atoms with Crippen molar-refractivity contribution in [3.8, 4) is 43.0 Å². The van der Waals surface area contributed by atoms with Crippen LogP contribution < -0.4 is 0 Å². The fourth-order valence-electron chi connectivity index (χ4n) is 5.00. The zero-order chi connectivity index (χ0) is 29.5. The topological polar surface area (TPSA) is 65.0 Å². The first-order valence-corrected chi connectivity index (χ1v) is 16.4. The van der Waals surface area contributed by atoms with Crippen LogP contribution in [0.3, 0.4) is 0 Å². The molecule has 0 aliphatic heterocycles. The van der Waals surface area contributed by atoms with Gasteiger partial charge in [0, 0.05) is 31.9 Å². The average Bonchev–Trinajstić information content (AvgIpc) is 3.66. The van der Waals surface area contributed by atoms with Gasteiger partial charge in [-0.1, -0.05) is 33.1 Å². The molecule has 0 amide bonds. The van der Waals surface area contributed by atoms with Crippen LogP contribution in [-0.4, -0.2) is 27.5 Å². The Morgan fingerprint density at radius 2 is 1.52 bits per heavy atom. The molecule has 5 rings (SSSR count). The normalized spacial score (nSPS) is 11.1. The molecular weight excluding hydrogens is 559 g/mol. The molecule has 0 aliphatic rings. The highest BCUT2D eigenvalue weighted by molar-refractivity contribution is 7.24. The van der Waals surface area contributed by atoms with Gasteiger partial charge in [-0.3, -0.25) is 9.97 Å². The minimum atomic E-state index is -0.384. The maximum absolute atomic E-state index is 12.8. The lowest BCUT2D eigenvalue weighted by Crippen LogP contribution is -2.06. The van der Waals surface area contributed by atoms with Crippen LogP contribution in [0.1, 0.15) is 72.8 Å². The Labute approximate surface area is 256 Å². The number of nitrogens with zero attached hydrogens (tertiary/aromatic N) is 3. The monoisotopic (exact) mass is 595 g/mol. The van der Waals surface area contributed by atoms with Gasteiger partial charge in [-0.05, 0) is 104 Å². The highest BCUT2D eigenvalue weighted by Gasteiger charge is 2.17. The number of ether oxygens (including phenoxy) is 1. The second-order valence-electron chi connectivity index (χ2n) is 10.4. The van der Waals surface area contributed by atoms with E-state index in [2.05, 4.69) is 55.0 Å². The first-order valence-electron chi connectivity index (χ1n) is 14.8. The molecule has 7 heteroatoms. The van der Waals surface area contributed by atoms with E-state index in [1.807, 2.05) is 47.1 Å². The van der Waals surface area contributed by atoms with E-state index in [1.165, 1.54) is 50.8 Å². The van der Waals surface area contributed by atoms with Crippen molar-refractivity contribution in [1.82, 2.24) is 15.0 Å². The number of esters is 1. The molecule has 0 spiro atoms. The number of pyridine rings is 3. The minimum Gasteiger partial charge on any atom is -0.462 e. The van der Waals surface area contributed by atoms with Crippen molar-refractivity contribution >= 4 is 28.6 Å². The standard InChI is InChI=1S/C35H37N3O2S2/c1-5-8-9-10-11-26-18-23(4)41-34(26)33-13-12-32(42-33)25-15-17-37-29(20-25)31-22-27(35(39)40-7-3)21-30(38-31)28-19-24(6-2)14-16-36-28/h12-22H,5-11H2,1-4H3. The molecule has 0 unspecified atom stereocenters. The van der Waals surface area contributed by atoms with E-state index in [9.17, 15) is 4.79 Å². The van der Waals surface area contributed by atoms with Crippen LogP contribution in [0, 0.1) is 6.92 Å². The van der Waals surface area contributed by atoms with Crippen molar-refractivity contribution < 1.29 is 9.53 Å². The Morgan fingerprint density at radius 3 is 2.26 bits per heavy atom. The van der Waals surface area contributed by atoms with E-state index >= 15 is 0 Å². The van der Waals surface area contributed by atoms with Crippen molar-refractivity contribution in [2.75, 3.05) is 6.61 Å². The summed E-state index contributed by atoms with van der Waals surface area (Å²) in [5, 5.41) is 0. The average molecular weight is 596 g/mol. The van der Waals surface area contributed by atoms with Gasteiger partial charge in [0.2, 0.25) is 0 Å². The molecule has 42 heavy (non-hydrogen) atoms. The second kappa shape index (κ2) is 14.0. The number of thiophene rings is 2. The van der Waals surface area contributed by atoms with E-state index in [0.29, 0.717) is 29.3 Å². The Kier molecular flexibility index (Phi) is 9.93. The lowest BCUT2D eigenvalue weighted by molar-refractivity contribution is 0.0526. The molecule has 0 aromatic carbocycles. The molecule has 0 saturated heterocycles. The van der Waals surface area contributed by atoms with E-state index in [4.69, 9.17) is 9.72 Å². The smallest absolute Gasteiger partial charge is 0.338 e.